The van der Waals surface area contributed by atoms with E-state index < -0.39 is 0 Å². The van der Waals surface area contributed by atoms with Crippen molar-refractivity contribution in [3.8, 4) is 0 Å². The lowest BCUT2D eigenvalue weighted by Gasteiger charge is -2.25. The number of nitrogens with one attached hydrogen (secondary N) is 1. The maximum Gasteiger partial charge on any atom is 0.0128 e. The molecule has 0 saturated heterocycles. The summed E-state index contributed by atoms with van der Waals surface area (Å²) < 4.78 is 0. The molecule has 2 atom stereocenters. The first-order chi connectivity index (χ1) is 5.13. The van der Waals surface area contributed by atoms with Crippen LogP contribution in [0.1, 0.15) is 34.1 Å². The molecular formula is C9H22N2. The molecule has 0 rings (SSSR count). The van der Waals surface area contributed by atoms with E-state index in [1.165, 1.54) is 6.42 Å². The molecule has 0 spiro atoms. The van der Waals surface area contributed by atoms with Gasteiger partial charge in [-0.25, -0.2) is 0 Å². The summed E-state index contributed by atoms with van der Waals surface area (Å²) in [5.74, 6) is 7.53. The average molecular weight is 158 g/mol. The molecule has 0 aromatic carbocycles. The predicted molar refractivity (Wildman–Crippen MR) is 50.0 cm³/mol. The van der Waals surface area contributed by atoms with Crippen molar-refractivity contribution in [2.75, 3.05) is 6.54 Å². The lowest BCUT2D eigenvalue weighted by molar-refractivity contribution is 0.261. The Hall–Kier alpha value is -0.0800. The van der Waals surface area contributed by atoms with E-state index in [2.05, 4.69) is 33.1 Å². The van der Waals surface area contributed by atoms with Gasteiger partial charge in [0, 0.05) is 6.54 Å². The average Bonchev–Trinajstić information content (AvgIpc) is 1.98. The Bertz CT molecular complexity index is 91.6. The van der Waals surface area contributed by atoms with E-state index in [1.54, 1.807) is 0 Å². The molecule has 0 aromatic heterocycles. The molecular weight excluding hydrogens is 136 g/mol. The van der Waals surface area contributed by atoms with Gasteiger partial charge in [0.1, 0.15) is 0 Å². The fourth-order valence-electron chi connectivity index (χ4n) is 1.40. The first-order valence-electron chi connectivity index (χ1n) is 4.56. The Morgan fingerprint density at radius 1 is 1.27 bits per heavy atom. The Labute approximate surface area is 70.5 Å². The molecule has 1 unspecified atom stereocenters. The SMILES string of the molecule is CC[C@@H](CNN)C(C)C(C)C. The number of hydrogen-bond donors (Lipinski definition) is 2. The van der Waals surface area contributed by atoms with Gasteiger partial charge in [-0.05, 0) is 17.8 Å². The summed E-state index contributed by atoms with van der Waals surface area (Å²) in [7, 11) is 0. The third-order valence-corrected chi connectivity index (χ3v) is 2.70. The largest absolute Gasteiger partial charge is 0.271 e. The highest BCUT2D eigenvalue weighted by atomic mass is 15.2. The van der Waals surface area contributed by atoms with Gasteiger partial charge < -0.3 is 0 Å². The number of rotatable bonds is 5. The van der Waals surface area contributed by atoms with E-state index in [-0.39, 0.29) is 0 Å². The minimum Gasteiger partial charge on any atom is -0.271 e. The molecule has 0 bridgehead atoms. The molecule has 0 radical (unpaired) electrons. The smallest absolute Gasteiger partial charge is 0.0128 e. The summed E-state index contributed by atoms with van der Waals surface area (Å²) in [6.45, 7) is 10.0. The second kappa shape index (κ2) is 5.56. The Balaban J connectivity index is 3.81. The standard InChI is InChI=1S/C9H22N2/c1-5-9(6-11-10)8(4)7(2)3/h7-9,11H,5-6,10H2,1-4H3/t8?,9-/m0/s1. The van der Waals surface area contributed by atoms with Crippen LogP contribution >= 0.6 is 0 Å². The Morgan fingerprint density at radius 3 is 2.09 bits per heavy atom. The zero-order valence-electron chi connectivity index (χ0n) is 8.22. The van der Waals surface area contributed by atoms with Crippen molar-refractivity contribution in [2.24, 2.45) is 23.6 Å². The fourth-order valence-corrected chi connectivity index (χ4v) is 1.40. The topological polar surface area (TPSA) is 38.0 Å². The van der Waals surface area contributed by atoms with Crippen molar-refractivity contribution >= 4 is 0 Å². The first kappa shape index (κ1) is 10.9. The van der Waals surface area contributed by atoms with Crippen molar-refractivity contribution in [1.29, 1.82) is 0 Å². The van der Waals surface area contributed by atoms with E-state index in [0.717, 1.165) is 24.3 Å². The van der Waals surface area contributed by atoms with Crippen LogP contribution in [0.15, 0.2) is 0 Å². The molecule has 3 N–H and O–H groups in total. The predicted octanol–water partition coefficient (Wildman–Crippen LogP) is 1.77. The Morgan fingerprint density at radius 2 is 1.82 bits per heavy atom. The van der Waals surface area contributed by atoms with E-state index in [4.69, 9.17) is 5.84 Å². The fraction of sp³-hybridized carbons (Fsp3) is 1.00. The van der Waals surface area contributed by atoms with Crippen LogP contribution in [0.25, 0.3) is 0 Å². The third-order valence-electron chi connectivity index (χ3n) is 2.70. The van der Waals surface area contributed by atoms with E-state index in [0.29, 0.717) is 0 Å². The van der Waals surface area contributed by atoms with Gasteiger partial charge in [0.2, 0.25) is 0 Å². The van der Waals surface area contributed by atoms with Crippen molar-refractivity contribution in [3.63, 3.8) is 0 Å². The molecule has 0 aromatic rings. The molecule has 2 nitrogen and oxygen atoms in total. The van der Waals surface area contributed by atoms with Crippen molar-refractivity contribution < 1.29 is 0 Å². The van der Waals surface area contributed by atoms with E-state index in [9.17, 15) is 0 Å². The van der Waals surface area contributed by atoms with Crippen LogP contribution in [0.3, 0.4) is 0 Å². The van der Waals surface area contributed by atoms with Crippen molar-refractivity contribution in [3.05, 3.63) is 0 Å². The van der Waals surface area contributed by atoms with Crippen LogP contribution in [0.5, 0.6) is 0 Å². The van der Waals surface area contributed by atoms with Gasteiger partial charge >= 0.3 is 0 Å². The second-order valence-corrected chi connectivity index (χ2v) is 3.68. The number of hydrogen-bond acceptors (Lipinski definition) is 2. The van der Waals surface area contributed by atoms with Crippen LogP contribution in [-0.4, -0.2) is 6.54 Å². The zero-order chi connectivity index (χ0) is 8.85. The highest BCUT2D eigenvalue weighted by Crippen LogP contribution is 2.22. The van der Waals surface area contributed by atoms with Gasteiger partial charge in [-0.3, -0.25) is 11.3 Å². The van der Waals surface area contributed by atoms with Crippen molar-refractivity contribution in [2.45, 2.75) is 34.1 Å². The monoisotopic (exact) mass is 158 g/mol. The quantitative estimate of drug-likeness (QED) is 0.472. The summed E-state index contributed by atoms with van der Waals surface area (Å²) in [6.07, 6.45) is 1.21. The molecule has 0 saturated carbocycles. The Kier molecular flexibility index (Phi) is 5.51. The molecule has 0 amide bonds. The van der Waals surface area contributed by atoms with Gasteiger partial charge in [-0.1, -0.05) is 34.1 Å². The highest BCUT2D eigenvalue weighted by Gasteiger charge is 2.17. The van der Waals surface area contributed by atoms with Gasteiger partial charge in [0.15, 0.2) is 0 Å². The summed E-state index contributed by atoms with van der Waals surface area (Å²) in [5, 5.41) is 0. The minimum atomic E-state index is 0.722. The van der Waals surface area contributed by atoms with Crippen LogP contribution < -0.4 is 11.3 Å². The molecule has 2 heteroatoms. The first-order valence-corrected chi connectivity index (χ1v) is 4.56. The molecule has 11 heavy (non-hydrogen) atoms. The van der Waals surface area contributed by atoms with Gasteiger partial charge in [-0.15, -0.1) is 0 Å². The number of hydrazine groups is 1. The summed E-state index contributed by atoms with van der Waals surface area (Å²) in [4.78, 5) is 0. The molecule has 0 aliphatic carbocycles. The number of nitrogens with two attached hydrogens (primary N) is 1. The van der Waals surface area contributed by atoms with E-state index >= 15 is 0 Å². The maximum absolute atomic E-state index is 5.29. The van der Waals surface area contributed by atoms with Crippen LogP contribution in [0, 0.1) is 17.8 Å². The molecule has 0 aliphatic rings. The van der Waals surface area contributed by atoms with Crippen LogP contribution in [-0.2, 0) is 0 Å². The molecule has 0 heterocycles. The lowest BCUT2D eigenvalue weighted by atomic mass is 9.83. The summed E-state index contributed by atoms with van der Waals surface area (Å²) >= 11 is 0. The minimum absolute atomic E-state index is 0.722. The van der Waals surface area contributed by atoms with Crippen LogP contribution in [0.2, 0.25) is 0 Å². The normalized spacial score (nSPS) is 16.9. The summed E-state index contributed by atoms with van der Waals surface area (Å²) in [6, 6.07) is 0. The van der Waals surface area contributed by atoms with Gasteiger partial charge in [0.25, 0.3) is 0 Å². The summed E-state index contributed by atoms with van der Waals surface area (Å²) in [5.41, 5.74) is 2.75. The molecule has 0 aliphatic heterocycles. The molecule has 0 fully saturated rings. The second-order valence-electron chi connectivity index (χ2n) is 3.68. The highest BCUT2D eigenvalue weighted by molar-refractivity contribution is 4.68. The van der Waals surface area contributed by atoms with Gasteiger partial charge in [-0.2, -0.15) is 0 Å². The van der Waals surface area contributed by atoms with Crippen molar-refractivity contribution in [1.82, 2.24) is 5.43 Å². The van der Waals surface area contributed by atoms with Crippen LogP contribution in [0.4, 0.5) is 0 Å². The zero-order valence-corrected chi connectivity index (χ0v) is 8.22. The molecule has 68 valence electrons. The maximum atomic E-state index is 5.29. The van der Waals surface area contributed by atoms with E-state index in [1.807, 2.05) is 0 Å². The van der Waals surface area contributed by atoms with Gasteiger partial charge in [0.05, 0.1) is 0 Å². The lowest BCUT2D eigenvalue weighted by Crippen LogP contribution is -2.33. The third kappa shape index (κ3) is 3.73.